The van der Waals surface area contributed by atoms with Gasteiger partial charge in [0.2, 0.25) is 11.8 Å². The van der Waals surface area contributed by atoms with Crippen LogP contribution < -0.4 is 5.32 Å². The highest BCUT2D eigenvalue weighted by molar-refractivity contribution is 7.99. The summed E-state index contributed by atoms with van der Waals surface area (Å²) in [7, 11) is 0. The van der Waals surface area contributed by atoms with E-state index in [0.717, 1.165) is 10.8 Å². The molecule has 1 N–H and O–H groups in total. The van der Waals surface area contributed by atoms with Crippen molar-refractivity contribution < 1.29 is 9.59 Å². The topological polar surface area (TPSA) is 70.5 Å². The molecule has 0 aliphatic carbocycles. The zero-order valence-electron chi connectivity index (χ0n) is 19.1. The lowest BCUT2D eigenvalue weighted by Crippen LogP contribution is -2.53. The third-order valence-corrected chi connectivity index (χ3v) is 6.11. The third-order valence-electron chi connectivity index (χ3n) is 5.16. The molecule has 2 amide bonds. The molecular weight excluding hydrogens is 410 g/mol. The number of carbonyl (C=O) groups is 2. The maximum atomic E-state index is 12.7. The summed E-state index contributed by atoms with van der Waals surface area (Å²) in [4.78, 5) is 33.3. The molecule has 31 heavy (non-hydrogen) atoms. The van der Waals surface area contributed by atoms with Crippen molar-refractivity contribution in [2.24, 2.45) is 0 Å². The molecule has 0 bridgehead atoms. The van der Waals surface area contributed by atoms with E-state index in [1.54, 1.807) is 6.20 Å². The highest BCUT2D eigenvalue weighted by atomic mass is 32.2. The van der Waals surface area contributed by atoms with Crippen molar-refractivity contribution in [1.29, 1.82) is 0 Å². The molecule has 1 aliphatic rings. The zero-order chi connectivity index (χ0) is 22.6. The summed E-state index contributed by atoms with van der Waals surface area (Å²) in [5, 5.41) is 3.81. The van der Waals surface area contributed by atoms with E-state index in [1.165, 1.54) is 22.9 Å². The molecule has 168 valence electrons. The minimum Gasteiger partial charge on any atom is -0.350 e. The third kappa shape index (κ3) is 6.58. The lowest BCUT2D eigenvalue weighted by Gasteiger charge is -2.34. The van der Waals surface area contributed by atoms with Crippen molar-refractivity contribution in [3.8, 4) is 5.69 Å². The average Bonchev–Trinajstić information content (AvgIpc) is 3.15. The van der Waals surface area contributed by atoms with Crippen molar-refractivity contribution in [3.05, 3.63) is 41.7 Å². The Labute approximate surface area is 189 Å². The Bertz CT molecular complexity index is 926. The van der Waals surface area contributed by atoms with Gasteiger partial charge in [0.25, 0.3) is 0 Å². The van der Waals surface area contributed by atoms with Crippen LogP contribution in [-0.4, -0.2) is 75.2 Å². The van der Waals surface area contributed by atoms with Crippen molar-refractivity contribution in [2.75, 3.05) is 38.5 Å². The van der Waals surface area contributed by atoms with Crippen LogP contribution in [0.1, 0.15) is 31.9 Å². The number of piperazine rings is 1. The van der Waals surface area contributed by atoms with Gasteiger partial charge >= 0.3 is 0 Å². The fourth-order valence-corrected chi connectivity index (χ4v) is 4.46. The van der Waals surface area contributed by atoms with Crippen LogP contribution in [-0.2, 0) is 9.59 Å². The molecule has 7 nitrogen and oxygen atoms in total. The standard InChI is InChI=1S/C23H33N5O2S/c1-17-6-7-18(2)19(14-17)28-9-8-24-22(28)31-16-21(30)27-12-10-26(11-13-27)15-20(29)25-23(3,4)5/h6-9,14H,10-13,15-16H2,1-5H3,(H,25,29). The number of aryl methyl sites for hydroxylation is 2. The first-order chi connectivity index (χ1) is 14.6. The number of nitrogens with one attached hydrogen (secondary N) is 1. The lowest BCUT2D eigenvalue weighted by atomic mass is 10.1. The van der Waals surface area contributed by atoms with Gasteiger partial charge in [-0.1, -0.05) is 23.9 Å². The second-order valence-electron chi connectivity index (χ2n) is 9.11. The van der Waals surface area contributed by atoms with Gasteiger partial charge in [0, 0.05) is 44.1 Å². The number of amides is 2. The van der Waals surface area contributed by atoms with Crippen molar-refractivity contribution in [3.63, 3.8) is 0 Å². The summed E-state index contributed by atoms with van der Waals surface area (Å²) < 4.78 is 2.05. The van der Waals surface area contributed by atoms with Gasteiger partial charge in [-0.05, 0) is 51.8 Å². The van der Waals surface area contributed by atoms with Crippen LogP contribution >= 0.6 is 11.8 Å². The van der Waals surface area contributed by atoms with Crippen LogP contribution in [0.2, 0.25) is 0 Å². The molecule has 3 rings (SSSR count). The maximum Gasteiger partial charge on any atom is 0.234 e. The molecule has 1 saturated heterocycles. The van der Waals surface area contributed by atoms with E-state index < -0.39 is 0 Å². The van der Waals surface area contributed by atoms with Gasteiger partial charge in [-0.3, -0.25) is 19.1 Å². The van der Waals surface area contributed by atoms with Crippen LogP contribution in [0.4, 0.5) is 0 Å². The fourth-order valence-electron chi connectivity index (χ4n) is 3.59. The quantitative estimate of drug-likeness (QED) is 0.695. The summed E-state index contributed by atoms with van der Waals surface area (Å²) in [5.74, 6) is 0.493. The Morgan fingerprint density at radius 2 is 1.84 bits per heavy atom. The molecule has 1 aromatic carbocycles. The molecule has 0 radical (unpaired) electrons. The highest BCUT2D eigenvalue weighted by Gasteiger charge is 2.24. The molecule has 8 heteroatoms. The number of carbonyl (C=O) groups excluding carboxylic acids is 2. The van der Waals surface area contributed by atoms with E-state index >= 15 is 0 Å². The van der Waals surface area contributed by atoms with Crippen LogP contribution in [0.25, 0.3) is 5.69 Å². The molecule has 0 atom stereocenters. The molecule has 0 spiro atoms. The average molecular weight is 444 g/mol. The Morgan fingerprint density at radius 3 is 2.52 bits per heavy atom. The van der Waals surface area contributed by atoms with E-state index in [1.807, 2.05) is 36.4 Å². The summed E-state index contributed by atoms with van der Waals surface area (Å²) in [6, 6.07) is 6.34. The number of nitrogens with zero attached hydrogens (tertiary/aromatic N) is 4. The van der Waals surface area contributed by atoms with E-state index in [0.29, 0.717) is 38.5 Å². The fraction of sp³-hybridized carbons (Fsp3) is 0.522. The highest BCUT2D eigenvalue weighted by Crippen LogP contribution is 2.24. The normalized spacial score (nSPS) is 15.2. The predicted octanol–water partition coefficient (Wildman–Crippen LogP) is 2.64. The monoisotopic (exact) mass is 443 g/mol. The Morgan fingerprint density at radius 1 is 1.13 bits per heavy atom. The molecule has 0 saturated carbocycles. The summed E-state index contributed by atoms with van der Waals surface area (Å²) in [6.45, 7) is 13.2. The molecule has 1 aromatic heterocycles. The van der Waals surface area contributed by atoms with Crippen LogP contribution in [0.5, 0.6) is 0 Å². The number of rotatable bonds is 6. The Hall–Kier alpha value is -2.32. The SMILES string of the molecule is Cc1ccc(C)c(-n2ccnc2SCC(=O)N2CCN(CC(=O)NC(C)(C)C)CC2)c1. The van der Waals surface area contributed by atoms with E-state index in [9.17, 15) is 9.59 Å². The second kappa shape index (κ2) is 9.87. The first-order valence-corrected chi connectivity index (χ1v) is 11.7. The molecular formula is C23H33N5O2S. The minimum absolute atomic E-state index is 0.0288. The second-order valence-corrected chi connectivity index (χ2v) is 10.1. The van der Waals surface area contributed by atoms with Gasteiger partial charge in [-0.25, -0.2) is 4.98 Å². The Kier molecular flexibility index (Phi) is 7.43. The number of aromatic nitrogens is 2. The molecule has 1 aliphatic heterocycles. The summed E-state index contributed by atoms with van der Waals surface area (Å²) in [5.41, 5.74) is 3.22. The molecule has 2 heterocycles. The Balaban J connectivity index is 1.50. The maximum absolute atomic E-state index is 12.7. The number of hydrogen-bond acceptors (Lipinski definition) is 5. The van der Waals surface area contributed by atoms with Gasteiger partial charge in [0.1, 0.15) is 0 Å². The van der Waals surface area contributed by atoms with Gasteiger partial charge < -0.3 is 10.2 Å². The minimum atomic E-state index is -0.227. The van der Waals surface area contributed by atoms with E-state index in [-0.39, 0.29) is 17.4 Å². The smallest absolute Gasteiger partial charge is 0.234 e. The van der Waals surface area contributed by atoms with Gasteiger partial charge in [0.15, 0.2) is 5.16 Å². The van der Waals surface area contributed by atoms with E-state index in [2.05, 4.69) is 47.2 Å². The largest absolute Gasteiger partial charge is 0.350 e. The predicted molar refractivity (Wildman–Crippen MR) is 125 cm³/mol. The van der Waals surface area contributed by atoms with Crippen molar-refractivity contribution in [1.82, 2.24) is 24.7 Å². The molecule has 0 unspecified atom stereocenters. The van der Waals surface area contributed by atoms with Crippen LogP contribution in [0, 0.1) is 13.8 Å². The first-order valence-electron chi connectivity index (χ1n) is 10.7. The van der Waals surface area contributed by atoms with Crippen molar-refractivity contribution >= 4 is 23.6 Å². The van der Waals surface area contributed by atoms with Gasteiger partial charge in [-0.2, -0.15) is 0 Å². The summed E-state index contributed by atoms with van der Waals surface area (Å²) >= 11 is 1.47. The van der Waals surface area contributed by atoms with E-state index in [4.69, 9.17) is 0 Å². The molecule has 1 fully saturated rings. The number of hydrogen-bond donors (Lipinski definition) is 1. The number of imidazole rings is 1. The lowest BCUT2D eigenvalue weighted by molar-refractivity contribution is -0.130. The van der Waals surface area contributed by atoms with Crippen molar-refractivity contribution in [2.45, 2.75) is 45.3 Å². The number of benzene rings is 1. The first kappa shape index (κ1) is 23.3. The van der Waals surface area contributed by atoms with Gasteiger partial charge in [0.05, 0.1) is 18.0 Å². The molecule has 2 aromatic rings. The van der Waals surface area contributed by atoms with Crippen LogP contribution in [0.15, 0.2) is 35.7 Å². The zero-order valence-corrected chi connectivity index (χ0v) is 20.0. The van der Waals surface area contributed by atoms with Crippen LogP contribution in [0.3, 0.4) is 0 Å². The summed E-state index contributed by atoms with van der Waals surface area (Å²) in [6.07, 6.45) is 3.71. The number of thioether (sulfide) groups is 1. The van der Waals surface area contributed by atoms with Gasteiger partial charge in [-0.15, -0.1) is 0 Å².